The maximum atomic E-state index is 12.3. The molecule has 1 N–H and O–H groups in total. The smallest absolute Gasteiger partial charge is 0.248 e. The molecule has 3 aromatic rings. The van der Waals surface area contributed by atoms with Gasteiger partial charge in [0.25, 0.3) is 0 Å². The van der Waals surface area contributed by atoms with Gasteiger partial charge in [0.15, 0.2) is 11.5 Å². The van der Waals surface area contributed by atoms with Crippen molar-refractivity contribution in [2.24, 2.45) is 0 Å². The van der Waals surface area contributed by atoms with E-state index in [1.165, 1.54) is 12.3 Å². The Bertz CT molecular complexity index is 1040. The number of benzene rings is 2. The maximum absolute atomic E-state index is 12.3. The molecule has 0 unspecified atom stereocenters. The topological polar surface area (TPSA) is 82.6 Å². The highest BCUT2D eigenvalue weighted by Crippen LogP contribution is 2.28. The SMILES string of the molecule is C=CCOc1ccc(/C=C/C(=O)Nc2cccc(Oc3cnccn3)c2)cc1OC. The number of anilines is 1. The molecule has 2 aromatic carbocycles. The van der Waals surface area contributed by atoms with Crippen molar-refractivity contribution in [1.82, 2.24) is 9.97 Å². The molecule has 0 bridgehead atoms. The second kappa shape index (κ2) is 10.4. The van der Waals surface area contributed by atoms with E-state index in [-0.39, 0.29) is 5.91 Å². The number of hydrogen-bond acceptors (Lipinski definition) is 6. The minimum absolute atomic E-state index is 0.280. The van der Waals surface area contributed by atoms with Crippen molar-refractivity contribution < 1.29 is 19.0 Å². The molecule has 0 saturated carbocycles. The number of carbonyl (C=O) groups excluding carboxylic acids is 1. The lowest BCUT2D eigenvalue weighted by atomic mass is 10.2. The van der Waals surface area contributed by atoms with Crippen LogP contribution in [0.2, 0.25) is 0 Å². The van der Waals surface area contributed by atoms with Crippen LogP contribution in [0, 0.1) is 0 Å². The second-order valence-electron chi connectivity index (χ2n) is 6.01. The molecule has 0 aliphatic carbocycles. The molecule has 7 heteroatoms. The first-order chi connectivity index (χ1) is 14.7. The summed E-state index contributed by atoms with van der Waals surface area (Å²) in [5.41, 5.74) is 1.39. The summed E-state index contributed by atoms with van der Waals surface area (Å²) in [5, 5.41) is 2.80. The van der Waals surface area contributed by atoms with Crippen molar-refractivity contribution in [1.29, 1.82) is 0 Å². The molecule has 1 heterocycles. The zero-order chi connectivity index (χ0) is 21.2. The van der Waals surface area contributed by atoms with Gasteiger partial charge in [0.2, 0.25) is 11.8 Å². The number of nitrogens with zero attached hydrogens (tertiary/aromatic N) is 2. The molecular weight excluding hydrogens is 382 g/mol. The Morgan fingerprint density at radius 1 is 1.17 bits per heavy atom. The van der Waals surface area contributed by atoms with E-state index in [4.69, 9.17) is 14.2 Å². The van der Waals surface area contributed by atoms with E-state index < -0.39 is 0 Å². The van der Waals surface area contributed by atoms with Gasteiger partial charge in [-0.05, 0) is 35.9 Å². The molecule has 0 fully saturated rings. The average molecular weight is 403 g/mol. The van der Waals surface area contributed by atoms with Gasteiger partial charge in [-0.3, -0.25) is 9.78 Å². The maximum Gasteiger partial charge on any atom is 0.248 e. The standard InChI is InChI=1S/C23H21N3O4/c1-3-13-29-20-9-7-17(14-21(20)28-2)8-10-22(27)26-18-5-4-6-19(15-18)30-23-16-24-11-12-25-23/h3-12,14-16H,1,13H2,2H3,(H,26,27)/b10-8+. The van der Waals surface area contributed by atoms with Gasteiger partial charge < -0.3 is 19.5 Å². The van der Waals surface area contributed by atoms with Crippen molar-refractivity contribution in [3.8, 4) is 23.1 Å². The van der Waals surface area contributed by atoms with E-state index in [2.05, 4.69) is 21.9 Å². The minimum Gasteiger partial charge on any atom is -0.493 e. The molecule has 1 aromatic heterocycles. The zero-order valence-corrected chi connectivity index (χ0v) is 16.4. The molecule has 0 saturated heterocycles. The number of carbonyl (C=O) groups is 1. The fraction of sp³-hybridized carbons (Fsp3) is 0.0870. The van der Waals surface area contributed by atoms with Crippen molar-refractivity contribution in [2.75, 3.05) is 19.0 Å². The molecular formula is C23H21N3O4. The minimum atomic E-state index is -0.280. The van der Waals surface area contributed by atoms with Crippen molar-refractivity contribution in [3.63, 3.8) is 0 Å². The predicted octanol–water partition coefficient (Wildman–Crippen LogP) is 4.49. The van der Waals surface area contributed by atoms with Gasteiger partial charge in [-0.2, -0.15) is 0 Å². The Morgan fingerprint density at radius 3 is 2.83 bits per heavy atom. The Labute approximate surface area is 174 Å². The summed E-state index contributed by atoms with van der Waals surface area (Å²) in [5.74, 6) is 1.82. The highest BCUT2D eigenvalue weighted by Gasteiger charge is 2.05. The summed E-state index contributed by atoms with van der Waals surface area (Å²) in [7, 11) is 1.56. The lowest BCUT2D eigenvalue weighted by molar-refractivity contribution is -0.111. The van der Waals surface area contributed by atoms with E-state index in [0.717, 1.165) is 5.56 Å². The first-order valence-corrected chi connectivity index (χ1v) is 9.12. The normalized spacial score (nSPS) is 10.4. The van der Waals surface area contributed by atoms with Gasteiger partial charge in [0.1, 0.15) is 12.4 Å². The molecule has 30 heavy (non-hydrogen) atoms. The molecule has 0 radical (unpaired) electrons. The average Bonchev–Trinajstić information content (AvgIpc) is 2.77. The van der Waals surface area contributed by atoms with Gasteiger partial charge in [-0.25, -0.2) is 4.98 Å². The Hall–Kier alpha value is -4.13. The summed E-state index contributed by atoms with van der Waals surface area (Å²) in [6.45, 7) is 4.01. The molecule has 0 aliphatic heterocycles. The molecule has 0 aliphatic rings. The quantitative estimate of drug-likeness (QED) is 0.419. The van der Waals surface area contributed by atoms with Gasteiger partial charge >= 0.3 is 0 Å². The van der Waals surface area contributed by atoms with Crippen LogP contribution in [-0.2, 0) is 4.79 Å². The summed E-state index contributed by atoms with van der Waals surface area (Å²) < 4.78 is 16.5. The van der Waals surface area contributed by atoms with Crippen LogP contribution < -0.4 is 19.5 Å². The third kappa shape index (κ3) is 5.93. The van der Waals surface area contributed by atoms with Crippen LogP contribution in [0.5, 0.6) is 23.1 Å². The van der Waals surface area contributed by atoms with Crippen molar-refractivity contribution >= 4 is 17.7 Å². The van der Waals surface area contributed by atoms with Crippen LogP contribution in [0.4, 0.5) is 5.69 Å². The fourth-order valence-corrected chi connectivity index (χ4v) is 2.51. The van der Waals surface area contributed by atoms with Gasteiger partial charge in [-0.15, -0.1) is 0 Å². The van der Waals surface area contributed by atoms with Crippen molar-refractivity contribution in [3.05, 3.63) is 85.3 Å². The monoisotopic (exact) mass is 403 g/mol. The zero-order valence-electron chi connectivity index (χ0n) is 16.4. The number of rotatable bonds is 9. The number of methoxy groups -OCH3 is 1. The summed E-state index contributed by atoms with van der Waals surface area (Å²) in [4.78, 5) is 20.3. The Morgan fingerprint density at radius 2 is 2.07 bits per heavy atom. The first-order valence-electron chi connectivity index (χ1n) is 9.12. The van der Waals surface area contributed by atoms with Crippen molar-refractivity contribution in [2.45, 2.75) is 0 Å². The molecule has 3 rings (SSSR count). The van der Waals surface area contributed by atoms with Crippen LogP contribution in [-0.4, -0.2) is 29.6 Å². The molecule has 0 spiro atoms. The Kier molecular flexibility index (Phi) is 7.16. The van der Waals surface area contributed by atoms with E-state index >= 15 is 0 Å². The first kappa shape index (κ1) is 20.6. The van der Waals surface area contributed by atoms with E-state index in [1.54, 1.807) is 68.1 Å². The fourth-order valence-electron chi connectivity index (χ4n) is 2.51. The van der Waals surface area contributed by atoms with Crippen LogP contribution in [0.1, 0.15) is 5.56 Å². The molecule has 152 valence electrons. The lowest BCUT2D eigenvalue weighted by Gasteiger charge is -2.09. The summed E-state index contributed by atoms with van der Waals surface area (Å²) in [6.07, 6.45) is 9.40. The molecule has 7 nitrogen and oxygen atoms in total. The van der Waals surface area contributed by atoms with Gasteiger partial charge in [0, 0.05) is 30.2 Å². The molecule has 0 atom stereocenters. The number of nitrogens with one attached hydrogen (secondary N) is 1. The van der Waals surface area contributed by atoms with E-state index in [0.29, 0.717) is 35.4 Å². The van der Waals surface area contributed by atoms with E-state index in [9.17, 15) is 4.79 Å². The summed E-state index contributed by atoms with van der Waals surface area (Å²) >= 11 is 0. The summed E-state index contributed by atoms with van der Waals surface area (Å²) in [6, 6.07) is 12.4. The van der Waals surface area contributed by atoms with Gasteiger partial charge in [-0.1, -0.05) is 24.8 Å². The molecule has 1 amide bonds. The predicted molar refractivity (Wildman–Crippen MR) is 115 cm³/mol. The van der Waals surface area contributed by atoms with E-state index in [1.807, 2.05) is 6.07 Å². The lowest BCUT2D eigenvalue weighted by Crippen LogP contribution is -2.07. The van der Waals surface area contributed by atoms with Crippen LogP contribution >= 0.6 is 0 Å². The van der Waals surface area contributed by atoms with Crippen LogP contribution in [0.15, 0.2) is 79.8 Å². The number of aromatic nitrogens is 2. The third-order valence-electron chi connectivity index (χ3n) is 3.84. The third-order valence-corrected chi connectivity index (χ3v) is 3.84. The number of amides is 1. The largest absolute Gasteiger partial charge is 0.493 e. The highest BCUT2D eigenvalue weighted by molar-refractivity contribution is 6.02. The second-order valence-corrected chi connectivity index (χ2v) is 6.01. The number of ether oxygens (including phenoxy) is 3. The Balaban J connectivity index is 1.63. The van der Waals surface area contributed by atoms with Crippen LogP contribution in [0.25, 0.3) is 6.08 Å². The van der Waals surface area contributed by atoms with Gasteiger partial charge in [0.05, 0.1) is 13.3 Å². The van der Waals surface area contributed by atoms with Crippen LogP contribution in [0.3, 0.4) is 0 Å². The highest BCUT2D eigenvalue weighted by atomic mass is 16.5. The number of hydrogen-bond donors (Lipinski definition) is 1.